The Hall–Kier alpha value is -7.25. The lowest BCUT2D eigenvalue weighted by Crippen LogP contribution is -2.13. The highest BCUT2D eigenvalue weighted by Crippen LogP contribution is 2.78. The Morgan fingerprint density at radius 3 is 0.941 bits per heavy atom. The Morgan fingerprint density at radius 2 is 0.618 bits per heavy atom. The van der Waals surface area contributed by atoms with Crippen LogP contribution >= 0.6 is 22.8 Å². The first-order chi connectivity index (χ1) is 32.8. The SMILES string of the molecule is Nc1ccc(S(=O)(=O)c2ccc(NP3(Oc4ccccc4)=NP(Nc4ccc(S(=O)(=O)c5ccc(N)cc5)cc4)(Oc4ccccc4)=NP(Oc4ccccc4)(Oc4ccccc4)=N3)cc2)cc1. The molecular formula is C48H42N7O8P3S2. The Bertz CT molecular complexity index is 3240. The van der Waals surface area contributed by atoms with Crippen molar-refractivity contribution in [3.8, 4) is 23.0 Å². The first kappa shape index (κ1) is 45.9. The highest BCUT2D eigenvalue weighted by Gasteiger charge is 2.46. The van der Waals surface area contributed by atoms with Crippen molar-refractivity contribution < 1.29 is 34.9 Å². The van der Waals surface area contributed by atoms with Crippen molar-refractivity contribution >= 4 is 65.2 Å². The van der Waals surface area contributed by atoms with E-state index in [0.29, 0.717) is 45.7 Å². The standard InChI is InChI=1S/C48H42N7O8P3S2/c49-37-21-29-45(30-22-37)67(56,57)47-33-25-39(26-34-47)51-64(60-41-13-5-1-6-14-41)53-65(61-42-15-7-2-8-16-42,52-40-27-35-48(36-28-40)68(58,59)46-31-23-38(50)24-32-46)55-66(54-64,62-43-17-9-3-10-18-43)63-44-19-11-4-12-20-44/h1-36,51-52H,49-50H2. The molecule has 1 aliphatic heterocycles. The molecule has 9 rings (SSSR count). The van der Waals surface area contributed by atoms with Crippen molar-refractivity contribution in [1.29, 1.82) is 0 Å². The number of hydrogen-bond acceptors (Lipinski definition) is 15. The number of nitrogens with zero attached hydrogens (tertiary/aromatic N) is 3. The van der Waals surface area contributed by atoms with Gasteiger partial charge in [-0.2, -0.15) is 0 Å². The highest BCUT2D eigenvalue weighted by atomic mass is 32.2. The Balaban J connectivity index is 1.27. The van der Waals surface area contributed by atoms with Crippen LogP contribution in [0.1, 0.15) is 0 Å². The molecule has 0 saturated heterocycles. The van der Waals surface area contributed by atoms with Gasteiger partial charge in [0.15, 0.2) is 0 Å². The van der Waals surface area contributed by atoms with Gasteiger partial charge in [0.25, 0.3) is 0 Å². The minimum absolute atomic E-state index is 0.0242. The number of hydrogen-bond donors (Lipinski definition) is 4. The van der Waals surface area contributed by atoms with Crippen LogP contribution < -0.4 is 39.7 Å². The normalized spacial score (nSPS) is 17.5. The average molecular weight is 1000 g/mol. The molecule has 0 radical (unpaired) electrons. The first-order valence-electron chi connectivity index (χ1n) is 20.7. The lowest BCUT2D eigenvalue weighted by molar-refractivity contribution is 0.475. The summed E-state index contributed by atoms with van der Waals surface area (Å²) in [6.07, 6.45) is 0. The summed E-state index contributed by atoms with van der Waals surface area (Å²) in [5.74, 6) is 1.43. The molecule has 0 fully saturated rings. The minimum Gasteiger partial charge on any atom is -0.427 e. The molecule has 15 nitrogen and oxygen atoms in total. The van der Waals surface area contributed by atoms with Crippen LogP contribution in [-0.4, -0.2) is 16.8 Å². The van der Waals surface area contributed by atoms with Crippen LogP contribution in [0.15, 0.2) is 252 Å². The molecule has 0 bridgehead atoms. The molecule has 8 aromatic carbocycles. The quantitative estimate of drug-likeness (QED) is 0.0525. The smallest absolute Gasteiger partial charge is 0.427 e. The van der Waals surface area contributed by atoms with Crippen LogP contribution in [0.5, 0.6) is 23.0 Å². The molecule has 68 heavy (non-hydrogen) atoms. The van der Waals surface area contributed by atoms with Crippen LogP contribution in [0.25, 0.3) is 0 Å². The fourth-order valence-corrected chi connectivity index (χ4v) is 18.9. The van der Waals surface area contributed by atoms with E-state index in [4.69, 9.17) is 43.1 Å². The fraction of sp³-hybridized carbons (Fsp3) is 0. The second-order valence-corrected chi connectivity index (χ2v) is 25.3. The number of nitrogen functional groups attached to an aromatic ring is 2. The molecule has 20 heteroatoms. The zero-order chi connectivity index (χ0) is 47.2. The van der Waals surface area contributed by atoms with Crippen molar-refractivity contribution in [3.05, 3.63) is 218 Å². The maximum absolute atomic E-state index is 13.8. The summed E-state index contributed by atoms with van der Waals surface area (Å²) in [5.41, 5.74) is 13.3. The van der Waals surface area contributed by atoms with Gasteiger partial charge in [0.1, 0.15) is 23.0 Å². The molecule has 2 unspecified atom stereocenters. The Labute approximate surface area is 394 Å². The van der Waals surface area contributed by atoms with E-state index < -0.39 is 42.5 Å². The molecule has 344 valence electrons. The van der Waals surface area contributed by atoms with E-state index in [-0.39, 0.29) is 19.6 Å². The zero-order valence-electron chi connectivity index (χ0n) is 35.7. The molecule has 0 saturated carbocycles. The number of sulfone groups is 2. The van der Waals surface area contributed by atoms with Gasteiger partial charge < -0.3 is 39.7 Å². The molecule has 1 aliphatic rings. The van der Waals surface area contributed by atoms with E-state index in [1.165, 1.54) is 72.8 Å². The van der Waals surface area contributed by atoms with E-state index in [1.807, 2.05) is 24.3 Å². The van der Waals surface area contributed by atoms with Crippen LogP contribution in [0.2, 0.25) is 0 Å². The number of rotatable bonds is 16. The summed E-state index contributed by atoms with van der Waals surface area (Å²) in [7, 11) is -20.1. The van der Waals surface area contributed by atoms with Crippen molar-refractivity contribution in [2.75, 3.05) is 21.6 Å². The van der Waals surface area contributed by atoms with Gasteiger partial charge in [-0.05, 0) is 146 Å². The van der Waals surface area contributed by atoms with Crippen LogP contribution in [0.4, 0.5) is 22.7 Å². The summed E-state index contributed by atoms with van der Waals surface area (Å²) >= 11 is 0. The van der Waals surface area contributed by atoms with Crippen LogP contribution in [0.3, 0.4) is 0 Å². The van der Waals surface area contributed by atoms with Crippen LogP contribution in [0, 0.1) is 0 Å². The summed E-state index contributed by atoms with van der Waals surface area (Å²) in [5, 5.41) is 6.89. The Morgan fingerprint density at radius 1 is 0.338 bits per heavy atom. The van der Waals surface area contributed by atoms with Crippen molar-refractivity contribution in [2.45, 2.75) is 19.6 Å². The summed E-state index contributed by atoms with van der Waals surface area (Å²) < 4.78 is 98.8. The van der Waals surface area contributed by atoms with Gasteiger partial charge >= 0.3 is 22.8 Å². The second kappa shape index (κ2) is 19.2. The first-order valence-corrected chi connectivity index (χ1v) is 28.4. The molecule has 1 heterocycles. The monoisotopic (exact) mass is 1000 g/mol. The maximum atomic E-state index is 13.8. The topological polar surface area (TPSA) is 218 Å². The third-order valence-corrected chi connectivity index (χ3v) is 22.0. The number of anilines is 4. The van der Waals surface area contributed by atoms with Crippen LogP contribution in [-0.2, 0) is 19.7 Å². The van der Waals surface area contributed by atoms with Gasteiger partial charge in [0.05, 0.1) is 19.6 Å². The fourth-order valence-electron chi connectivity index (χ4n) is 6.64. The van der Waals surface area contributed by atoms with E-state index in [2.05, 4.69) is 10.2 Å². The van der Waals surface area contributed by atoms with E-state index >= 15 is 0 Å². The number of para-hydroxylation sites is 4. The predicted octanol–water partition coefficient (Wildman–Crippen LogP) is 13.2. The Kier molecular flexibility index (Phi) is 12.9. The van der Waals surface area contributed by atoms with Crippen molar-refractivity contribution in [2.24, 2.45) is 13.5 Å². The van der Waals surface area contributed by atoms with Crippen molar-refractivity contribution in [3.63, 3.8) is 0 Å². The molecule has 0 amide bonds. The largest absolute Gasteiger partial charge is 0.458 e. The molecule has 8 aromatic rings. The number of nitrogens with one attached hydrogen (secondary N) is 2. The average Bonchev–Trinajstić information content (AvgIpc) is 3.33. The van der Waals surface area contributed by atoms with Crippen molar-refractivity contribution in [1.82, 2.24) is 0 Å². The summed E-state index contributed by atoms with van der Waals surface area (Å²) in [4.78, 5) is 0.193. The molecule has 0 spiro atoms. The van der Waals surface area contributed by atoms with Gasteiger partial charge in [-0.15, -0.1) is 13.5 Å². The minimum atomic E-state index is -4.12. The van der Waals surface area contributed by atoms with E-state index in [0.717, 1.165) is 0 Å². The van der Waals surface area contributed by atoms with Gasteiger partial charge in [0.2, 0.25) is 19.7 Å². The lowest BCUT2D eigenvalue weighted by Gasteiger charge is -2.35. The van der Waals surface area contributed by atoms with Gasteiger partial charge in [0, 0.05) is 22.7 Å². The molecular weight excluding hydrogens is 960 g/mol. The second-order valence-electron chi connectivity index (χ2n) is 14.9. The van der Waals surface area contributed by atoms with E-state index in [9.17, 15) is 16.8 Å². The van der Waals surface area contributed by atoms with Gasteiger partial charge in [-0.3, -0.25) is 0 Å². The zero-order valence-corrected chi connectivity index (χ0v) is 40.0. The molecule has 6 N–H and O–H groups in total. The van der Waals surface area contributed by atoms with Gasteiger partial charge in [-0.25, -0.2) is 16.8 Å². The molecule has 2 atom stereocenters. The van der Waals surface area contributed by atoms with Gasteiger partial charge in [-0.1, -0.05) is 72.8 Å². The third kappa shape index (κ3) is 10.5. The highest BCUT2D eigenvalue weighted by molar-refractivity contribution is 7.91. The number of nitrogens with two attached hydrogens (primary N) is 2. The summed E-state index contributed by atoms with van der Waals surface area (Å²) in [6, 6.07) is 59.7. The molecule has 0 aliphatic carbocycles. The molecule has 0 aromatic heterocycles. The third-order valence-electron chi connectivity index (χ3n) is 9.86. The number of benzene rings is 8. The maximum Gasteiger partial charge on any atom is 0.458 e. The summed E-state index contributed by atoms with van der Waals surface area (Å²) in [6.45, 7) is 0. The lowest BCUT2D eigenvalue weighted by atomic mass is 10.3. The van der Waals surface area contributed by atoms with E-state index in [1.54, 1.807) is 121 Å². The predicted molar refractivity (Wildman–Crippen MR) is 269 cm³/mol.